The Bertz CT molecular complexity index is 819. The first-order valence-electron chi connectivity index (χ1n) is 8.71. The number of nitrogens with zero attached hydrogens (tertiary/aromatic N) is 2. The molecule has 0 unspecified atom stereocenters. The van der Waals surface area contributed by atoms with E-state index >= 15 is 0 Å². The molecule has 0 amide bonds. The number of aromatic nitrogens is 2. The average Bonchev–Trinajstić information content (AvgIpc) is 2.85. The molecule has 0 fully saturated rings. The van der Waals surface area contributed by atoms with Gasteiger partial charge in [0.05, 0.1) is 13.7 Å². The third-order valence-corrected chi connectivity index (χ3v) is 4.81. The summed E-state index contributed by atoms with van der Waals surface area (Å²) in [6.45, 7) is 1.11. The van der Waals surface area contributed by atoms with Gasteiger partial charge < -0.3 is 4.74 Å². The summed E-state index contributed by atoms with van der Waals surface area (Å²) < 4.78 is 10.2. The number of hydrogen-bond donors (Lipinski definition) is 0. The van der Waals surface area contributed by atoms with Crippen molar-refractivity contribution in [2.45, 2.75) is 32.2 Å². The third kappa shape index (κ3) is 2.71. The van der Waals surface area contributed by atoms with Crippen LogP contribution in [0.3, 0.4) is 0 Å². The first kappa shape index (κ1) is 15.0. The summed E-state index contributed by atoms with van der Waals surface area (Å²) in [5, 5.41) is 0. The molecule has 24 heavy (non-hydrogen) atoms. The highest BCUT2D eigenvalue weighted by Crippen LogP contribution is 2.27. The first-order chi connectivity index (χ1) is 11.9. The van der Waals surface area contributed by atoms with Gasteiger partial charge >= 0.3 is 0 Å². The maximum Gasteiger partial charge on any atom is 0.262 e. The Morgan fingerprint density at radius 3 is 2.46 bits per heavy atom. The lowest BCUT2D eigenvalue weighted by Crippen LogP contribution is -2.35. The maximum atomic E-state index is 5.31. The van der Waals surface area contributed by atoms with Crippen molar-refractivity contribution in [3.8, 4) is 22.7 Å². The van der Waals surface area contributed by atoms with E-state index in [1.807, 2.05) is 12.1 Å². The Morgan fingerprint density at radius 2 is 1.71 bits per heavy atom. The smallest absolute Gasteiger partial charge is 0.262 e. The molecule has 2 heterocycles. The molecule has 0 atom stereocenters. The van der Waals surface area contributed by atoms with Crippen LogP contribution in [0.1, 0.15) is 25.1 Å². The van der Waals surface area contributed by atoms with Crippen molar-refractivity contribution >= 4 is 0 Å². The van der Waals surface area contributed by atoms with Gasteiger partial charge in [-0.25, -0.2) is 4.57 Å². The second-order valence-corrected chi connectivity index (χ2v) is 6.33. The van der Waals surface area contributed by atoms with Crippen LogP contribution in [0.4, 0.5) is 0 Å². The summed E-state index contributed by atoms with van der Waals surface area (Å²) in [5.41, 5.74) is 3.71. The molecule has 0 bridgehead atoms. The molecule has 0 saturated heterocycles. The molecule has 3 aromatic rings. The van der Waals surface area contributed by atoms with Crippen molar-refractivity contribution in [3.05, 3.63) is 66.6 Å². The Hall–Kier alpha value is -2.55. The number of ether oxygens (including phenoxy) is 1. The fraction of sp³-hybridized carbons (Fsp3) is 0.286. The summed E-state index contributed by atoms with van der Waals surface area (Å²) in [6, 6.07) is 19.0. The van der Waals surface area contributed by atoms with E-state index in [9.17, 15) is 0 Å². The number of aryl methyl sites for hydroxylation is 1. The lowest BCUT2D eigenvalue weighted by molar-refractivity contribution is -0.702. The van der Waals surface area contributed by atoms with Crippen molar-refractivity contribution in [1.82, 2.24) is 4.57 Å². The predicted molar refractivity (Wildman–Crippen MR) is 95.5 cm³/mol. The van der Waals surface area contributed by atoms with E-state index in [1.165, 1.54) is 42.0 Å². The van der Waals surface area contributed by atoms with E-state index in [2.05, 4.69) is 57.8 Å². The second kappa shape index (κ2) is 6.52. The van der Waals surface area contributed by atoms with Crippen LogP contribution in [-0.2, 0) is 13.0 Å². The van der Waals surface area contributed by atoms with Gasteiger partial charge in [-0.1, -0.05) is 18.2 Å². The summed E-state index contributed by atoms with van der Waals surface area (Å²) in [5.74, 6) is 2.30. The summed E-state index contributed by atoms with van der Waals surface area (Å²) >= 11 is 0. The highest BCUT2D eigenvalue weighted by molar-refractivity contribution is 5.62. The molecular formula is C21H23N2O+. The number of fused-ring (bicyclic) bond motifs is 1. The fourth-order valence-electron chi connectivity index (χ4n) is 3.57. The first-order valence-corrected chi connectivity index (χ1v) is 8.71. The number of imidazole rings is 1. The van der Waals surface area contributed by atoms with Crippen molar-refractivity contribution in [1.29, 1.82) is 0 Å². The number of methoxy groups -OCH3 is 1. The zero-order valence-electron chi connectivity index (χ0n) is 14.1. The summed E-state index contributed by atoms with van der Waals surface area (Å²) in [4.78, 5) is 0. The van der Waals surface area contributed by atoms with Gasteiger partial charge in [0.25, 0.3) is 5.82 Å². The van der Waals surface area contributed by atoms with E-state index in [-0.39, 0.29) is 0 Å². The number of benzene rings is 2. The Morgan fingerprint density at radius 1 is 0.917 bits per heavy atom. The van der Waals surface area contributed by atoms with E-state index in [0.29, 0.717) is 0 Å². The van der Waals surface area contributed by atoms with E-state index in [1.54, 1.807) is 7.11 Å². The SMILES string of the molecule is COc1ccc(-c2c[n+]3c(n2-c2ccccc2)CCCCC3)cc1. The van der Waals surface area contributed by atoms with Gasteiger partial charge in [-0.15, -0.1) is 0 Å². The predicted octanol–water partition coefficient (Wildman–Crippen LogP) is 4.17. The van der Waals surface area contributed by atoms with Gasteiger partial charge in [-0.05, 0) is 55.7 Å². The van der Waals surface area contributed by atoms with E-state index in [4.69, 9.17) is 4.74 Å². The zero-order valence-corrected chi connectivity index (χ0v) is 14.1. The number of rotatable bonds is 3. The van der Waals surface area contributed by atoms with Gasteiger partial charge in [0.15, 0.2) is 5.69 Å². The van der Waals surface area contributed by atoms with Crippen LogP contribution in [-0.4, -0.2) is 11.7 Å². The normalized spacial score (nSPS) is 14.0. The Labute approximate surface area is 143 Å². The molecule has 0 N–H and O–H groups in total. The lowest BCUT2D eigenvalue weighted by Gasteiger charge is -2.06. The minimum absolute atomic E-state index is 0.894. The van der Waals surface area contributed by atoms with Crippen molar-refractivity contribution in [3.63, 3.8) is 0 Å². The van der Waals surface area contributed by atoms with Crippen LogP contribution >= 0.6 is 0 Å². The van der Waals surface area contributed by atoms with Gasteiger partial charge in [-0.2, -0.15) is 4.57 Å². The van der Waals surface area contributed by atoms with Gasteiger partial charge in [0.2, 0.25) is 0 Å². The highest BCUT2D eigenvalue weighted by Gasteiger charge is 2.26. The van der Waals surface area contributed by atoms with Crippen molar-refractivity contribution in [2.75, 3.05) is 7.11 Å². The van der Waals surface area contributed by atoms with Crippen molar-refractivity contribution in [2.24, 2.45) is 0 Å². The topological polar surface area (TPSA) is 18.0 Å². The minimum Gasteiger partial charge on any atom is -0.497 e. The van der Waals surface area contributed by atoms with E-state index < -0.39 is 0 Å². The quantitative estimate of drug-likeness (QED) is 0.663. The van der Waals surface area contributed by atoms with Gasteiger partial charge in [0, 0.05) is 12.0 Å². The number of hydrogen-bond acceptors (Lipinski definition) is 1. The zero-order chi connectivity index (χ0) is 16.4. The highest BCUT2D eigenvalue weighted by atomic mass is 16.5. The molecule has 3 nitrogen and oxygen atoms in total. The van der Waals surface area contributed by atoms with Crippen LogP contribution in [0.2, 0.25) is 0 Å². The molecule has 2 aromatic carbocycles. The largest absolute Gasteiger partial charge is 0.497 e. The molecule has 0 radical (unpaired) electrons. The standard InChI is InChI=1S/C21H23N2O/c1-24-19-13-11-17(12-14-19)20-16-22-15-7-3-6-10-21(22)23(20)18-8-4-2-5-9-18/h2,4-5,8-9,11-14,16H,3,6-7,10,15H2,1H3/q+1. The third-order valence-electron chi connectivity index (χ3n) is 4.81. The molecule has 3 heteroatoms. The molecule has 4 rings (SSSR count). The number of para-hydroxylation sites is 1. The van der Waals surface area contributed by atoms with Crippen LogP contribution in [0.25, 0.3) is 16.9 Å². The average molecular weight is 319 g/mol. The molecular weight excluding hydrogens is 296 g/mol. The van der Waals surface area contributed by atoms with Crippen LogP contribution in [0.15, 0.2) is 60.8 Å². The molecule has 0 spiro atoms. The molecule has 1 aliphatic rings. The fourth-order valence-corrected chi connectivity index (χ4v) is 3.57. The molecule has 122 valence electrons. The van der Waals surface area contributed by atoms with Crippen LogP contribution < -0.4 is 9.30 Å². The molecule has 1 aliphatic heterocycles. The maximum absolute atomic E-state index is 5.31. The summed E-state index contributed by atoms with van der Waals surface area (Å²) in [7, 11) is 1.71. The second-order valence-electron chi connectivity index (χ2n) is 6.33. The Balaban J connectivity index is 1.89. The van der Waals surface area contributed by atoms with Crippen LogP contribution in [0.5, 0.6) is 5.75 Å². The summed E-state index contributed by atoms with van der Waals surface area (Å²) in [6.07, 6.45) is 7.28. The van der Waals surface area contributed by atoms with E-state index in [0.717, 1.165) is 18.7 Å². The van der Waals surface area contributed by atoms with Gasteiger partial charge in [0.1, 0.15) is 17.6 Å². The van der Waals surface area contributed by atoms with Crippen LogP contribution in [0, 0.1) is 0 Å². The minimum atomic E-state index is 0.894. The monoisotopic (exact) mass is 319 g/mol. The molecule has 0 saturated carbocycles. The molecule has 0 aliphatic carbocycles. The molecule has 1 aromatic heterocycles. The van der Waals surface area contributed by atoms with Crippen molar-refractivity contribution < 1.29 is 9.30 Å². The van der Waals surface area contributed by atoms with Gasteiger partial charge in [-0.3, -0.25) is 0 Å². The Kier molecular flexibility index (Phi) is 4.08. The lowest BCUT2D eigenvalue weighted by atomic mass is 10.1.